The molecule has 8 nitrogen and oxygen atoms in total. The van der Waals surface area contributed by atoms with Crippen molar-refractivity contribution in [3.63, 3.8) is 0 Å². The van der Waals surface area contributed by atoms with Crippen LogP contribution in [0.3, 0.4) is 0 Å². The second kappa shape index (κ2) is 42.2. The highest BCUT2D eigenvalue weighted by molar-refractivity contribution is 5.72. The third-order valence-corrected chi connectivity index (χ3v) is 11.1. The maximum Gasteiger partial charge on any atom is 0.362 e. The van der Waals surface area contributed by atoms with E-state index in [2.05, 4.69) is 50.3 Å². The highest BCUT2D eigenvalue weighted by Gasteiger charge is 2.31. The van der Waals surface area contributed by atoms with Crippen LogP contribution < -0.4 is 0 Å². The molecule has 2 atom stereocenters. The van der Waals surface area contributed by atoms with Crippen LogP contribution in [0.4, 0.5) is 0 Å². The van der Waals surface area contributed by atoms with Gasteiger partial charge in [-0.15, -0.1) is 0 Å². The predicted octanol–water partition coefficient (Wildman–Crippen LogP) is 13.8. The Morgan fingerprint density at radius 2 is 0.949 bits per heavy atom. The normalized spacial score (nSPS) is 13.2. The van der Waals surface area contributed by atoms with Gasteiger partial charge in [-0.05, 0) is 44.9 Å². The zero-order valence-corrected chi connectivity index (χ0v) is 39.2. The average molecular weight is 833 g/mol. The van der Waals surface area contributed by atoms with Gasteiger partial charge in [-0.2, -0.15) is 0 Å². The molecule has 0 heterocycles. The van der Waals surface area contributed by atoms with Gasteiger partial charge in [0.15, 0.2) is 12.1 Å². The number of rotatable bonds is 44. The standard InChI is InChI=1S/C51H93NO7/c1-6-8-10-12-14-16-18-20-21-22-23-24-25-26-27-28-29-30-32-33-35-37-39-41-49(53)58-46-47(45-57-44-43-48(51(55)56)52(3,4)5)59-50(54)42-40-38-36-34-31-19-17-15-13-11-9-7-2/h8,10,14,16,20-21,47-48H,6-7,9,11-13,15,17-19,22-46H2,1-5H3/p+1/b10-8+,16-14+,21-20+. The van der Waals surface area contributed by atoms with Gasteiger partial charge in [-0.1, -0.05) is 192 Å². The van der Waals surface area contributed by atoms with Crippen molar-refractivity contribution >= 4 is 17.9 Å². The number of esters is 2. The van der Waals surface area contributed by atoms with Gasteiger partial charge in [0.1, 0.15) is 6.61 Å². The fourth-order valence-corrected chi connectivity index (χ4v) is 7.28. The van der Waals surface area contributed by atoms with Crippen LogP contribution in [-0.2, 0) is 28.6 Å². The van der Waals surface area contributed by atoms with Crippen LogP contribution in [0.1, 0.15) is 219 Å². The SMILES string of the molecule is CC/C=C/C/C=C/C/C=C/CCCCCCCCCCCCCCCC(=O)OCC(COCCC(C(=O)O)[N+](C)(C)C)OC(=O)CCCCCCCCCCCCCC. The summed E-state index contributed by atoms with van der Waals surface area (Å²) in [5.74, 6) is -1.46. The number of quaternary nitrogens is 1. The largest absolute Gasteiger partial charge is 0.477 e. The fourth-order valence-electron chi connectivity index (χ4n) is 7.28. The summed E-state index contributed by atoms with van der Waals surface area (Å²) in [6.07, 6.45) is 49.1. The molecule has 2 unspecified atom stereocenters. The highest BCUT2D eigenvalue weighted by Crippen LogP contribution is 2.16. The smallest absolute Gasteiger partial charge is 0.362 e. The van der Waals surface area contributed by atoms with Crippen molar-refractivity contribution in [2.24, 2.45) is 0 Å². The minimum atomic E-state index is -0.873. The van der Waals surface area contributed by atoms with Gasteiger partial charge in [0.2, 0.25) is 0 Å². The minimum Gasteiger partial charge on any atom is -0.477 e. The maximum atomic E-state index is 12.7. The number of likely N-dealkylation sites (N-methyl/N-ethyl adjacent to an activating group) is 1. The van der Waals surface area contributed by atoms with Gasteiger partial charge >= 0.3 is 17.9 Å². The van der Waals surface area contributed by atoms with Crippen molar-refractivity contribution in [2.45, 2.75) is 231 Å². The zero-order chi connectivity index (χ0) is 43.5. The molecule has 0 saturated carbocycles. The number of nitrogens with zero attached hydrogens (tertiary/aromatic N) is 1. The van der Waals surface area contributed by atoms with Crippen molar-refractivity contribution in [3.05, 3.63) is 36.5 Å². The number of carbonyl (C=O) groups is 3. The minimum absolute atomic E-state index is 0.0478. The van der Waals surface area contributed by atoms with Crippen LogP contribution in [0.2, 0.25) is 0 Å². The van der Waals surface area contributed by atoms with Crippen molar-refractivity contribution in [3.8, 4) is 0 Å². The first kappa shape index (κ1) is 56.5. The molecule has 59 heavy (non-hydrogen) atoms. The van der Waals surface area contributed by atoms with E-state index in [0.717, 1.165) is 57.8 Å². The van der Waals surface area contributed by atoms with E-state index in [1.165, 1.54) is 128 Å². The summed E-state index contributed by atoms with van der Waals surface area (Å²) in [7, 11) is 5.54. The van der Waals surface area contributed by atoms with Gasteiger partial charge in [-0.3, -0.25) is 9.59 Å². The molecule has 0 aliphatic carbocycles. The molecule has 0 amide bonds. The van der Waals surface area contributed by atoms with Crippen LogP contribution in [0, 0.1) is 0 Å². The molecule has 0 rings (SSSR count). The molecule has 0 fully saturated rings. The zero-order valence-electron chi connectivity index (χ0n) is 39.2. The molecule has 0 aromatic carbocycles. The second-order valence-corrected chi connectivity index (χ2v) is 17.7. The fraction of sp³-hybridized carbons (Fsp3) is 0.824. The monoisotopic (exact) mass is 833 g/mol. The number of carbonyl (C=O) groups excluding carboxylic acids is 2. The first-order valence-electron chi connectivity index (χ1n) is 24.5. The van der Waals surface area contributed by atoms with Gasteiger partial charge < -0.3 is 23.8 Å². The number of hydrogen-bond donors (Lipinski definition) is 1. The van der Waals surface area contributed by atoms with E-state index in [-0.39, 0.29) is 36.2 Å². The Morgan fingerprint density at radius 3 is 1.41 bits per heavy atom. The van der Waals surface area contributed by atoms with Crippen molar-refractivity contribution in [1.82, 2.24) is 0 Å². The summed E-state index contributed by atoms with van der Waals surface area (Å²) in [5.41, 5.74) is 0. The van der Waals surface area contributed by atoms with Gasteiger partial charge in [0.25, 0.3) is 0 Å². The lowest BCUT2D eigenvalue weighted by molar-refractivity contribution is -0.887. The summed E-state index contributed by atoms with van der Waals surface area (Å²) >= 11 is 0. The van der Waals surface area contributed by atoms with Crippen LogP contribution in [-0.4, -0.2) is 80.6 Å². The van der Waals surface area contributed by atoms with Crippen LogP contribution in [0.5, 0.6) is 0 Å². The molecule has 0 bridgehead atoms. The van der Waals surface area contributed by atoms with E-state index in [0.29, 0.717) is 19.3 Å². The van der Waals surface area contributed by atoms with Crippen LogP contribution >= 0.6 is 0 Å². The lowest BCUT2D eigenvalue weighted by atomic mass is 10.0. The first-order valence-corrected chi connectivity index (χ1v) is 24.5. The van der Waals surface area contributed by atoms with Crippen LogP contribution in [0.15, 0.2) is 36.5 Å². The quantitative estimate of drug-likeness (QED) is 0.0282. The Morgan fingerprint density at radius 1 is 0.525 bits per heavy atom. The van der Waals surface area contributed by atoms with Gasteiger partial charge in [-0.25, -0.2) is 4.79 Å². The summed E-state index contributed by atoms with van der Waals surface area (Å²) < 4.78 is 17.3. The highest BCUT2D eigenvalue weighted by atomic mass is 16.6. The summed E-state index contributed by atoms with van der Waals surface area (Å²) in [6.45, 7) is 4.65. The summed E-state index contributed by atoms with van der Waals surface area (Å²) in [4.78, 5) is 37.0. The van der Waals surface area contributed by atoms with Crippen molar-refractivity contribution in [2.75, 3.05) is 41.0 Å². The van der Waals surface area contributed by atoms with E-state index < -0.39 is 18.1 Å². The van der Waals surface area contributed by atoms with E-state index in [1.54, 1.807) is 0 Å². The van der Waals surface area contributed by atoms with E-state index in [4.69, 9.17) is 14.2 Å². The van der Waals surface area contributed by atoms with Gasteiger partial charge in [0.05, 0.1) is 34.4 Å². The number of carboxylic acid groups (broad SMARTS) is 1. The molecule has 0 aliphatic heterocycles. The Bertz CT molecular complexity index is 1060. The second-order valence-electron chi connectivity index (χ2n) is 17.7. The lowest BCUT2D eigenvalue weighted by Crippen LogP contribution is -2.50. The van der Waals surface area contributed by atoms with Gasteiger partial charge in [0, 0.05) is 19.3 Å². The van der Waals surface area contributed by atoms with Crippen LogP contribution in [0.25, 0.3) is 0 Å². The first-order chi connectivity index (χ1) is 28.6. The predicted molar refractivity (Wildman–Crippen MR) is 248 cm³/mol. The maximum absolute atomic E-state index is 12.7. The van der Waals surface area contributed by atoms with E-state index in [9.17, 15) is 19.5 Å². The molecule has 0 saturated heterocycles. The van der Waals surface area contributed by atoms with E-state index in [1.807, 2.05) is 21.1 Å². The lowest BCUT2D eigenvalue weighted by Gasteiger charge is -2.31. The molecule has 0 aliphatic rings. The Balaban J connectivity index is 4.16. The Hall–Kier alpha value is -2.45. The third-order valence-electron chi connectivity index (χ3n) is 11.1. The topological polar surface area (TPSA) is 99.1 Å². The molecular formula is C51H94NO7+. The molecule has 344 valence electrons. The Kier molecular flexibility index (Phi) is 40.5. The molecule has 0 spiro atoms. The molecule has 0 radical (unpaired) electrons. The molecule has 0 aromatic heterocycles. The number of hydrogen-bond acceptors (Lipinski definition) is 6. The van der Waals surface area contributed by atoms with Crippen molar-refractivity contribution < 1.29 is 38.2 Å². The molecular weight excluding hydrogens is 739 g/mol. The molecule has 8 heteroatoms. The number of allylic oxidation sites excluding steroid dienone is 6. The summed E-state index contributed by atoms with van der Waals surface area (Å²) in [6, 6.07) is -0.612. The molecule has 0 aromatic rings. The number of ether oxygens (including phenoxy) is 3. The number of unbranched alkanes of at least 4 members (excludes halogenated alkanes) is 24. The number of carboxylic acids is 1. The average Bonchev–Trinajstić information content (AvgIpc) is 3.19. The summed E-state index contributed by atoms with van der Waals surface area (Å²) in [5, 5.41) is 9.63. The van der Waals surface area contributed by atoms with Crippen molar-refractivity contribution in [1.29, 1.82) is 0 Å². The Labute approximate surface area is 364 Å². The van der Waals surface area contributed by atoms with E-state index >= 15 is 0 Å². The number of aliphatic carboxylic acids is 1. The third kappa shape index (κ3) is 40.7. The molecule has 1 N–H and O–H groups in total.